The zero-order valence-electron chi connectivity index (χ0n) is 25.7. The van der Waals surface area contributed by atoms with E-state index in [2.05, 4.69) is 20.8 Å². The molecule has 238 valence electrons. The molecule has 2 amide bonds. The Morgan fingerprint density at radius 3 is 2.57 bits per heavy atom. The van der Waals surface area contributed by atoms with Crippen molar-refractivity contribution in [2.45, 2.75) is 65.2 Å². The highest BCUT2D eigenvalue weighted by atomic mass is 35.5. The van der Waals surface area contributed by atoms with E-state index in [1.807, 2.05) is 32.9 Å². The van der Waals surface area contributed by atoms with Crippen molar-refractivity contribution >= 4 is 41.4 Å². The van der Waals surface area contributed by atoms with Crippen molar-refractivity contribution in [3.05, 3.63) is 65.0 Å². The van der Waals surface area contributed by atoms with Crippen molar-refractivity contribution in [3.8, 4) is 5.75 Å². The third kappa shape index (κ3) is 10.6. The number of nitrogens with one attached hydrogen (secondary N) is 3. The SMILES string of the molecule is COc1ccc(C[C@H]2NC(=O)/C=C/C[C@@H]([C@H](C)/C=C/c3cn[nH]c3)OC(=O)[C@H](CC(C)C)OC(=O)[C@H](C)CNC2=O)cc1Cl. The molecule has 0 fully saturated rings. The Morgan fingerprint density at radius 2 is 1.91 bits per heavy atom. The molecule has 3 N–H and O–H groups in total. The molecule has 0 bridgehead atoms. The molecule has 1 aliphatic rings. The van der Waals surface area contributed by atoms with Gasteiger partial charge in [-0.25, -0.2) is 4.79 Å². The molecule has 0 saturated carbocycles. The number of aromatic amines is 1. The van der Waals surface area contributed by atoms with E-state index in [1.54, 1.807) is 43.6 Å². The summed E-state index contributed by atoms with van der Waals surface area (Å²) in [6.45, 7) is 7.23. The van der Waals surface area contributed by atoms with E-state index in [0.29, 0.717) is 16.3 Å². The van der Waals surface area contributed by atoms with E-state index in [9.17, 15) is 19.2 Å². The largest absolute Gasteiger partial charge is 0.495 e. The minimum Gasteiger partial charge on any atom is -0.495 e. The van der Waals surface area contributed by atoms with Crippen LogP contribution in [-0.2, 0) is 35.1 Å². The third-order valence-electron chi connectivity index (χ3n) is 7.08. The van der Waals surface area contributed by atoms with Crippen molar-refractivity contribution < 1.29 is 33.4 Å². The number of halogens is 1. The number of carbonyl (C=O) groups excluding carboxylic acids is 4. The van der Waals surface area contributed by atoms with Gasteiger partial charge in [-0.15, -0.1) is 0 Å². The highest BCUT2D eigenvalue weighted by molar-refractivity contribution is 6.32. The number of amides is 2. The van der Waals surface area contributed by atoms with Gasteiger partial charge in [-0.1, -0.05) is 63.6 Å². The van der Waals surface area contributed by atoms with Crippen LogP contribution in [-0.4, -0.2) is 65.9 Å². The number of esters is 2. The van der Waals surface area contributed by atoms with Crippen molar-refractivity contribution in [1.82, 2.24) is 20.8 Å². The predicted octanol–water partition coefficient (Wildman–Crippen LogP) is 4.03. The number of aromatic nitrogens is 2. The van der Waals surface area contributed by atoms with Crippen LogP contribution in [0.1, 0.15) is 51.7 Å². The second kappa shape index (κ2) is 16.7. The first-order chi connectivity index (χ1) is 21.0. The molecule has 5 atom stereocenters. The summed E-state index contributed by atoms with van der Waals surface area (Å²) in [5.74, 6) is -2.83. The van der Waals surface area contributed by atoms with Crippen molar-refractivity contribution in [3.63, 3.8) is 0 Å². The second-order valence-electron chi connectivity index (χ2n) is 11.3. The number of ether oxygens (including phenoxy) is 3. The smallest absolute Gasteiger partial charge is 0.347 e. The summed E-state index contributed by atoms with van der Waals surface area (Å²) in [6.07, 6.45) is 8.81. The lowest BCUT2D eigenvalue weighted by Gasteiger charge is -2.26. The number of H-pyrrole nitrogens is 1. The molecule has 0 radical (unpaired) electrons. The molecule has 1 aromatic heterocycles. The first kappa shape index (κ1) is 34.4. The molecule has 1 aliphatic heterocycles. The van der Waals surface area contributed by atoms with Crippen LogP contribution in [0.25, 0.3) is 6.08 Å². The maximum absolute atomic E-state index is 13.3. The molecule has 0 aliphatic carbocycles. The van der Waals surface area contributed by atoms with Gasteiger partial charge in [0.05, 0.1) is 24.2 Å². The summed E-state index contributed by atoms with van der Waals surface area (Å²) in [7, 11) is 1.50. The van der Waals surface area contributed by atoms with E-state index >= 15 is 0 Å². The van der Waals surface area contributed by atoms with E-state index in [0.717, 1.165) is 5.56 Å². The number of methoxy groups -OCH3 is 1. The maximum Gasteiger partial charge on any atom is 0.347 e. The van der Waals surface area contributed by atoms with Crippen molar-refractivity contribution in [1.29, 1.82) is 0 Å². The van der Waals surface area contributed by atoms with Crippen LogP contribution in [0, 0.1) is 17.8 Å². The molecule has 2 heterocycles. The van der Waals surface area contributed by atoms with Gasteiger partial charge in [0.25, 0.3) is 0 Å². The van der Waals surface area contributed by atoms with Gasteiger partial charge in [0.15, 0.2) is 6.10 Å². The fourth-order valence-corrected chi connectivity index (χ4v) is 4.76. The molecule has 11 nitrogen and oxygen atoms in total. The highest BCUT2D eigenvalue weighted by Crippen LogP contribution is 2.26. The highest BCUT2D eigenvalue weighted by Gasteiger charge is 2.31. The zero-order valence-corrected chi connectivity index (χ0v) is 26.4. The molecule has 0 spiro atoms. The third-order valence-corrected chi connectivity index (χ3v) is 7.38. The quantitative estimate of drug-likeness (QED) is 0.371. The molecular weight excluding hydrogens is 588 g/mol. The number of carbonyl (C=O) groups is 4. The molecule has 44 heavy (non-hydrogen) atoms. The van der Waals surface area contributed by atoms with Gasteiger partial charge in [0.2, 0.25) is 11.8 Å². The monoisotopic (exact) mass is 628 g/mol. The predicted molar refractivity (Wildman–Crippen MR) is 166 cm³/mol. The number of rotatable bonds is 8. The van der Waals surface area contributed by atoms with Gasteiger partial charge in [-0.2, -0.15) is 5.10 Å². The Morgan fingerprint density at radius 1 is 1.14 bits per heavy atom. The van der Waals surface area contributed by atoms with Gasteiger partial charge < -0.3 is 24.8 Å². The lowest BCUT2D eigenvalue weighted by Crippen LogP contribution is -2.49. The maximum atomic E-state index is 13.3. The lowest BCUT2D eigenvalue weighted by molar-refractivity contribution is -0.175. The Bertz CT molecular complexity index is 1340. The first-order valence-electron chi connectivity index (χ1n) is 14.6. The standard InChI is InChI=1S/C32H41ClN4O7/c1-19(2)13-28-32(41)43-26(20(3)9-10-23-17-35-36-18-23)7-6-8-29(38)37-25(30(39)34-16-21(4)31(40)44-28)15-22-11-12-27(42-5)24(33)14-22/h6,8-12,14,17-21,25-26,28H,7,13,15-16H2,1-5H3,(H,34,39)(H,35,36)(H,37,38)/b8-6+,10-9+/t20-,21-,25-,26+,28+/m1/s1. The van der Waals surface area contributed by atoms with Gasteiger partial charge in [0.1, 0.15) is 17.9 Å². The average Bonchev–Trinajstić information content (AvgIpc) is 3.50. The van der Waals surface area contributed by atoms with E-state index in [4.69, 9.17) is 25.8 Å². The Hall–Kier alpha value is -4.12. The summed E-state index contributed by atoms with van der Waals surface area (Å²) < 4.78 is 16.7. The Kier molecular flexibility index (Phi) is 13.0. The van der Waals surface area contributed by atoms with Crippen LogP contribution in [0.5, 0.6) is 5.75 Å². The van der Waals surface area contributed by atoms with Gasteiger partial charge in [0, 0.05) is 37.1 Å². The molecule has 12 heteroatoms. The van der Waals surface area contributed by atoms with Gasteiger partial charge in [-0.05, 0) is 36.1 Å². The second-order valence-corrected chi connectivity index (χ2v) is 11.7. The number of benzene rings is 1. The van der Waals surface area contributed by atoms with Gasteiger partial charge >= 0.3 is 11.9 Å². The van der Waals surface area contributed by atoms with E-state index in [1.165, 1.54) is 13.2 Å². The number of hydrogen-bond donors (Lipinski definition) is 3. The molecule has 2 aromatic rings. The molecule has 1 aromatic carbocycles. The van der Waals surface area contributed by atoms with Crippen molar-refractivity contribution in [2.75, 3.05) is 13.7 Å². The summed E-state index contributed by atoms with van der Waals surface area (Å²) in [4.78, 5) is 52.5. The molecule has 0 saturated heterocycles. The van der Waals surface area contributed by atoms with Crippen molar-refractivity contribution in [2.24, 2.45) is 17.8 Å². The van der Waals surface area contributed by atoms with E-state index in [-0.39, 0.29) is 37.6 Å². The fourth-order valence-electron chi connectivity index (χ4n) is 4.48. The molecule has 0 unspecified atom stereocenters. The van der Waals surface area contributed by atoms with Gasteiger partial charge in [-0.3, -0.25) is 19.5 Å². The topological polar surface area (TPSA) is 149 Å². The summed E-state index contributed by atoms with van der Waals surface area (Å²) in [6, 6.07) is 4.14. The number of hydrogen-bond acceptors (Lipinski definition) is 8. The Balaban J connectivity index is 1.89. The number of cyclic esters (lactones) is 2. The zero-order chi connectivity index (χ0) is 32.2. The molecular formula is C32H41ClN4O7. The van der Waals surface area contributed by atoms with Crippen LogP contribution >= 0.6 is 11.6 Å². The summed E-state index contributed by atoms with van der Waals surface area (Å²) in [5.41, 5.74) is 1.54. The summed E-state index contributed by atoms with van der Waals surface area (Å²) in [5, 5.41) is 12.5. The minimum absolute atomic E-state index is 0.0358. The first-order valence-corrected chi connectivity index (χ1v) is 15.0. The average molecular weight is 629 g/mol. The van der Waals surface area contributed by atoms with Crippen LogP contribution in [0.2, 0.25) is 5.02 Å². The summed E-state index contributed by atoms with van der Waals surface area (Å²) >= 11 is 6.28. The van der Waals surface area contributed by atoms with Crippen LogP contribution in [0.4, 0.5) is 0 Å². The Labute approximate surface area is 262 Å². The minimum atomic E-state index is -1.12. The van der Waals surface area contributed by atoms with Crippen LogP contribution < -0.4 is 15.4 Å². The normalized spacial score (nSPS) is 23.9. The fraction of sp³-hybridized carbons (Fsp3) is 0.469. The number of nitrogens with zero attached hydrogens (tertiary/aromatic N) is 1. The molecule has 3 rings (SSSR count). The van der Waals surface area contributed by atoms with Crippen LogP contribution in [0.15, 0.2) is 48.8 Å². The van der Waals surface area contributed by atoms with E-state index < -0.39 is 47.9 Å². The van der Waals surface area contributed by atoms with Crippen LogP contribution in [0.3, 0.4) is 0 Å². The lowest BCUT2D eigenvalue weighted by atomic mass is 9.99.